The predicted molar refractivity (Wildman–Crippen MR) is 62.7 cm³/mol. The van der Waals surface area contributed by atoms with E-state index in [1.165, 1.54) is 6.42 Å². The number of carbonyl (C=O) groups is 1. The van der Waals surface area contributed by atoms with Crippen LogP contribution in [0.4, 0.5) is 0 Å². The molecule has 0 aromatic carbocycles. The number of hydrogen-bond donors (Lipinski definition) is 1. The maximum absolute atomic E-state index is 11.8. The first-order valence-corrected chi connectivity index (χ1v) is 6.07. The summed E-state index contributed by atoms with van der Waals surface area (Å²) in [7, 11) is 1.94. The van der Waals surface area contributed by atoms with Crippen LogP contribution >= 0.6 is 0 Å². The van der Waals surface area contributed by atoms with Gasteiger partial charge in [-0.2, -0.15) is 0 Å². The fraction of sp³-hybridized carbons (Fsp3) is 0.917. The molecule has 1 atom stereocenters. The highest BCUT2D eigenvalue weighted by Crippen LogP contribution is 2.12. The van der Waals surface area contributed by atoms with Gasteiger partial charge in [-0.1, -0.05) is 13.8 Å². The first-order valence-electron chi connectivity index (χ1n) is 6.07. The zero-order chi connectivity index (χ0) is 11.3. The number of rotatable bonds is 4. The Morgan fingerprint density at radius 2 is 2.27 bits per heavy atom. The maximum atomic E-state index is 11.8. The second-order valence-electron chi connectivity index (χ2n) is 4.94. The van der Waals surface area contributed by atoms with Crippen molar-refractivity contribution in [3.8, 4) is 0 Å². The highest BCUT2D eigenvalue weighted by Gasteiger charge is 2.21. The van der Waals surface area contributed by atoms with E-state index in [1.54, 1.807) is 0 Å². The Bertz CT molecular complexity index is 198. The van der Waals surface area contributed by atoms with Crippen molar-refractivity contribution in [3.63, 3.8) is 0 Å². The van der Waals surface area contributed by atoms with Gasteiger partial charge in [-0.15, -0.1) is 0 Å². The summed E-state index contributed by atoms with van der Waals surface area (Å²) in [6.45, 7) is 6.39. The summed E-state index contributed by atoms with van der Waals surface area (Å²) in [6, 6.07) is 0.415. The van der Waals surface area contributed by atoms with Crippen molar-refractivity contribution < 1.29 is 4.79 Å². The quantitative estimate of drug-likeness (QED) is 0.768. The summed E-state index contributed by atoms with van der Waals surface area (Å²) < 4.78 is 0. The minimum Gasteiger partial charge on any atom is -0.342 e. The summed E-state index contributed by atoms with van der Waals surface area (Å²) >= 11 is 0. The van der Waals surface area contributed by atoms with Gasteiger partial charge in [0.25, 0.3) is 0 Å². The summed E-state index contributed by atoms with van der Waals surface area (Å²) in [5, 5.41) is 3.34. The number of likely N-dealkylation sites (N-methyl/N-ethyl adjacent to an activating group) is 1. The van der Waals surface area contributed by atoms with Crippen LogP contribution in [0.3, 0.4) is 0 Å². The largest absolute Gasteiger partial charge is 0.342 e. The van der Waals surface area contributed by atoms with E-state index in [1.807, 2.05) is 11.9 Å². The summed E-state index contributed by atoms with van der Waals surface area (Å²) in [5.74, 6) is 0.921. The minimum absolute atomic E-state index is 0.303. The zero-order valence-corrected chi connectivity index (χ0v) is 10.3. The van der Waals surface area contributed by atoms with E-state index >= 15 is 0 Å². The summed E-state index contributed by atoms with van der Waals surface area (Å²) in [4.78, 5) is 13.8. The van der Waals surface area contributed by atoms with Crippen molar-refractivity contribution in [1.82, 2.24) is 10.2 Å². The zero-order valence-electron chi connectivity index (χ0n) is 10.3. The first kappa shape index (κ1) is 12.5. The molecule has 1 rings (SSSR count). The number of hydrogen-bond acceptors (Lipinski definition) is 2. The molecule has 0 aromatic rings. The van der Waals surface area contributed by atoms with E-state index in [4.69, 9.17) is 0 Å². The fourth-order valence-electron chi connectivity index (χ4n) is 1.96. The lowest BCUT2D eigenvalue weighted by atomic mass is 10.0. The number of piperidine rings is 1. The molecular weight excluding hydrogens is 188 g/mol. The lowest BCUT2D eigenvalue weighted by Gasteiger charge is -2.32. The number of carbonyl (C=O) groups excluding carboxylic acids is 1. The van der Waals surface area contributed by atoms with Crippen LogP contribution in [0.5, 0.6) is 0 Å². The topological polar surface area (TPSA) is 32.3 Å². The molecule has 0 aromatic heterocycles. The van der Waals surface area contributed by atoms with E-state index in [2.05, 4.69) is 19.2 Å². The van der Waals surface area contributed by atoms with Crippen LogP contribution in [-0.2, 0) is 4.79 Å². The van der Waals surface area contributed by atoms with Crippen LogP contribution in [0.2, 0.25) is 0 Å². The summed E-state index contributed by atoms with van der Waals surface area (Å²) in [5.41, 5.74) is 0. The van der Waals surface area contributed by atoms with E-state index in [-0.39, 0.29) is 0 Å². The molecule has 0 spiro atoms. The van der Waals surface area contributed by atoms with Crippen LogP contribution < -0.4 is 5.32 Å². The van der Waals surface area contributed by atoms with E-state index in [9.17, 15) is 4.79 Å². The molecule has 0 bridgehead atoms. The van der Waals surface area contributed by atoms with Crippen LogP contribution in [-0.4, -0.2) is 37.0 Å². The maximum Gasteiger partial charge on any atom is 0.222 e. The number of nitrogens with zero attached hydrogens (tertiary/aromatic N) is 1. The molecule has 1 aliphatic rings. The monoisotopic (exact) mass is 212 g/mol. The van der Waals surface area contributed by atoms with Crippen LogP contribution in [0.15, 0.2) is 0 Å². The molecule has 1 aliphatic heterocycles. The molecule has 3 nitrogen and oxygen atoms in total. The molecule has 0 radical (unpaired) electrons. The van der Waals surface area contributed by atoms with Gasteiger partial charge in [0, 0.05) is 26.1 Å². The van der Waals surface area contributed by atoms with Gasteiger partial charge in [0.15, 0.2) is 0 Å². The Kier molecular flexibility index (Phi) is 5.09. The van der Waals surface area contributed by atoms with Crippen molar-refractivity contribution in [2.24, 2.45) is 5.92 Å². The second kappa shape index (κ2) is 6.11. The van der Waals surface area contributed by atoms with Crippen molar-refractivity contribution in [2.75, 3.05) is 20.1 Å². The molecule has 1 heterocycles. The molecule has 15 heavy (non-hydrogen) atoms. The highest BCUT2D eigenvalue weighted by molar-refractivity contribution is 5.76. The predicted octanol–water partition coefficient (Wildman–Crippen LogP) is 1.63. The SMILES string of the molecule is CC(C)CCC(=O)N(C)C1CCCNC1. The van der Waals surface area contributed by atoms with E-state index in [0.717, 1.165) is 25.9 Å². The molecule has 1 saturated heterocycles. The van der Waals surface area contributed by atoms with Gasteiger partial charge in [0.05, 0.1) is 0 Å². The lowest BCUT2D eigenvalue weighted by molar-refractivity contribution is -0.132. The first-order chi connectivity index (χ1) is 7.11. The Balaban J connectivity index is 2.30. The van der Waals surface area contributed by atoms with Gasteiger partial charge in [-0.3, -0.25) is 4.79 Å². The lowest BCUT2D eigenvalue weighted by Crippen LogP contribution is -2.46. The van der Waals surface area contributed by atoms with Crippen molar-refractivity contribution in [3.05, 3.63) is 0 Å². The Hall–Kier alpha value is -0.570. The van der Waals surface area contributed by atoms with Crippen LogP contribution in [0.1, 0.15) is 39.5 Å². The molecule has 88 valence electrons. The Morgan fingerprint density at radius 1 is 1.53 bits per heavy atom. The highest BCUT2D eigenvalue weighted by atomic mass is 16.2. The smallest absolute Gasteiger partial charge is 0.222 e. The van der Waals surface area contributed by atoms with Crippen LogP contribution in [0.25, 0.3) is 0 Å². The van der Waals surface area contributed by atoms with Gasteiger partial charge in [-0.05, 0) is 31.7 Å². The van der Waals surface area contributed by atoms with Crippen molar-refractivity contribution in [2.45, 2.75) is 45.6 Å². The van der Waals surface area contributed by atoms with E-state index < -0.39 is 0 Å². The normalized spacial score (nSPS) is 21.7. The molecule has 0 saturated carbocycles. The molecule has 1 N–H and O–H groups in total. The minimum atomic E-state index is 0.303. The number of nitrogens with one attached hydrogen (secondary N) is 1. The average Bonchev–Trinajstić information content (AvgIpc) is 2.26. The third-order valence-corrected chi connectivity index (χ3v) is 3.15. The third kappa shape index (κ3) is 4.20. The van der Waals surface area contributed by atoms with Gasteiger partial charge in [-0.25, -0.2) is 0 Å². The molecule has 1 amide bonds. The average molecular weight is 212 g/mol. The van der Waals surface area contributed by atoms with Crippen molar-refractivity contribution in [1.29, 1.82) is 0 Å². The van der Waals surface area contributed by atoms with Crippen LogP contribution in [0, 0.1) is 5.92 Å². The molecule has 1 fully saturated rings. The standard InChI is InChI=1S/C12H24N2O/c1-10(2)6-7-12(15)14(3)11-5-4-8-13-9-11/h10-11,13H,4-9H2,1-3H3. The molecule has 1 unspecified atom stereocenters. The third-order valence-electron chi connectivity index (χ3n) is 3.15. The Labute approximate surface area is 93.2 Å². The van der Waals surface area contributed by atoms with Gasteiger partial charge < -0.3 is 10.2 Å². The van der Waals surface area contributed by atoms with Crippen molar-refractivity contribution >= 4 is 5.91 Å². The van der Waals surface area contributed by atoms with Gasteiger partial charge in [0.2, 0.25) is 5.91 Å². The molecular formula is C12H24N2O. The number of amides is 1. The fourth-order valence-corrected chi connectivity index (χ4v) is 1.96. The van der Waals surface area contributed by atoms with E-state index in [0.29, 0.717) is 24.3 Å². The molecule has 3 heteroatoms. The van der Waals surface area contributed by atoms with Gasteiger partial charge >= 0.3 is 0 Å². The molecule has 0 aliphatic carbocycles. The second-order valence-corrected chi connectivity index (χ2v) is 4.94. The summed E-state index contributed by atoms with van der Waals surface area (Å²) in [6.07, 6.45) is 4.04. The van der Waals surface area contributed by atoms with Gasteiger partial charge in [0.1, 0.15) is 0 Å². The Morgan fingerprint density at radius 3 is 2.80 bits per heavy atom.